The smallest absolute Gasteiger partial charge is 0.231 e. The van der Waals surface area contributed by atoms with Crippen LogP contribution in [-0.2, 0) is 19.5 Å². The van der Waals surface area contributed by atoms with E-state index in [9.17, 15) is 0 Å². The summed E-state index contributed by atoms with van der Waals surface area (Å²) in [5.74, 6) is 3.06. The van der Waals surface area contributed by atoms with E-state index >= 15 is 0 Å². The minimum atomic E-state index is 0.164. The predicted molar refractivity (Wildman–Crippen MR) is 92.4 cm³/mol. The Morgan fingerprint density at radius 1 is 1.04 bits per heavy atom. The van der Waals surface area contributed by atoms with E-state index in [4.69, 9.17) is 13.9 Å². The van der Waals surface area contributed by atoms with Gasteiger partial charge in [0.25, 0.3) is 0 Å². The number of fused-ring (bicyclic) bond motifs is 1. The van der Waals surface area contributed by atoms with Gasteiger partial charge in [-0.2, -0.15) is 0 Å². The van der Waals surface area contributed by atoms with Gasteiger partial charge < -0.3 is 13.9 Å². The second-order valence-electron chi connectivity index (χ2n) is 7.19. The maximum Gasteiger partial charge on any atom is 0.231 e. The third-order valence-corrected chi connectivity index (χ3v) is 5.39. The van der Waals surface area contributed by atoms with Gasteiger partial charge in [-0.1, -0.05) is 25.8 Å². The summed E-state index contributed by atoms with van der Waals surface area (Å²) in [5, 5.41) is 8.34. The first-order valence-electron chi connectivity index (χ1n) is 9.11. The topological polar surface area (TPSA) is 60.6 Å². The van der Waals surface area contributed by atoms with Gasteiger partial charge in [0.1, 0.15) is 0 Å². The second kappa shape index (κ2) is 6.67. The fourth-order valence-corrected chi connectivity index (χ4v) is 3.81. The highest BCUT2D eigenvalue weighted by atomic mass is 16.7. The lowest BCUT2D eigenvalue weighted by Gasteiger charge is -2.37. The molecule has 2 aliphatic rings. The monoisotopic (exact) mass is 343 g/mol. The van der Waals surface area contributed by atoms with E-state index in [0.717, 1.165) is 24.5 Å². The first-order chi connectivity index (χ1) is 12.2. The molecular formula is C19H25N3O3. The van der Waals surface area contributed by atoms with Crippen molar-refractivity contribution in [1.82, 2.24) is 15.1 Å². The van der Waals surface area contributed by atoms with E-state index in [-0.39, 0.29) is 5.54 Å². The molecule has 1 aliphatic carbocycles. The Balaban J connectivity index is 1.56. The van der Waals surface area contributed by atoms with Crippen LogP contribution in [-0.4, -0.2) is 27.4 Å². The van der Waals surface area contributed by atoms with Crippen molar-refractivity contribution in [2.75, 3.05) is 6.79 Å². The number of benzene rings is 1. The summed E-state index contributed by atoms with van der Waals surface area (Å²) in [6, 6.07) is 6.19. The van der Waals surface area contributed by atoms with Crippen LogP contribution >= 0.6 is 0 Å². The van der Waals surface area contributed by atoms with Crippen LogP contribution in [0.25, 0.3) is 0 Å². The highest BCUT2D eigenvalue weighted by molar-refractivity contribution is 5.44. The van der Waals surface area contributed by atoms with E-state index in [0.29, 0.717) is 25.1 Å². The van der Waals surface area contributed by atoms with Crippen LogP contribution in [0.5, 0.6) is 11.5 Å². The third kappa shape index (κ3) is 3.35. The van der Waals surface area contributed by atoms with Gasteiger partial charge in [0.2, 0.25) is 18.6 Å². The van der Waals surface area contributed by atoms with Gasteiger partial charge in [-0.05, 0) is 37.5 Å². The normalized spacial score (nSPS) is 18.2. The average molecular weight is 343 g/mol. The Morgan fingerprint density at radius 2 is 1.80 bits per heavy atom. The number of rotatable bonds is 6. The van der Waals surface area contributed by atoms with Crippen LogP contribution in [0.4, 0.5) is 0 Å². The lowest BCUT2D eigenvalue weighted by Crippen LogP contribution is -2.43. The predicted octanol–water partition coefficient (Wildman–Crippen LogP) is 3.70. The fourth-order valence-electron chi connectivity index (χ4n) is 3.81. The molecule has 0 unspecified atom stereocenters. The molecule has 0 N–H and O–H groups in total. The number of ether oxygens (including phenoxy) is 2. The van der Waals surface area contributed by atoms with Gasteiger partial charge in [0, 0.05) is 18.5 Å². The quantitative estimate of drug-likeness (QED) is 0.797. The summed E-state index contributed by atoms with van der Waals surface area (Å²) in [7, 11) is 0. The fraction of sp³-hybridized carbons (Fsp3) is 0.579. The molecule has 2 aromatic rings. The van der Waals surface area contributed by atoms with Crippen molar-refractivity contribution < 1.29 is 13.9 Å². The highest BCUT2D eigenvalue weighted by Gasteiger charge is 2.36. The van der Waals surface area contributed by atoms with E-state index in [2.05, 4.69) is 34.2 Å². The molecule has 1 saturated carbocycles. The first-order valence-corrected chi connectivity index (χ1v) is 9.11. The van der Waals surface area contributed by atoms with Crippen LogP contribution in [0.3, 0.4) is 0 Å². The molecule has 0 bridgehead atoms. The van der Waals surface area contributed by atoms with Gasteiger partial charge in [-0.25, -0.2) is 0 Å². The number of hydrogen-bond acceptors (Lipinski definition) is 6. The molecule has 1 aliphatic heterocycles. The summed E-state index contributed by atoms with van der Waals surface area (Å²) < 4.78 is 16.7. The minimum Gasteiger partial charge on any atom is -0.454 e. The third-order valence-electron chi connectivity index (χ3n) is 5.39. The summed E-state index contributed by atoms with van der Waals surface area (Å²) in [6.45, 7) is 6.20. The Labute approximate surface area is 148 Å². The molecule has 0 spiro atoms. The van der Waals surface area contributed by atoms with Gasteiger partial charge in [0.05, 0.1) is 6.54 Å². The minimum absolute atomic E-state index is 0.164. The molecule has 2 heterocycles. The Morgan fingerprint density at radius 3 is 2.56 bits per heavy atom. The van der Waals surface area contributed by atoms with Crippen molar-refractivity contribution in [2.45, 2.75) is 64.6 Å². The van der Waals surface area contributed by atoms with Crippen molar-refractivity contribution in [3.8, 4) is 11.5 Å². The molecule has 25 heavy (non-hydrogen) atoms. The Hall–Kier alpha value is -2.08. The van der Waals surface area contributed by atoms with E-state index in [1.165, 1.54) is 31.2 Å². The van der Waals surface area contributed by atoms with Crippen molar-refractivity contribution in [3.05, 3.63) is 35.5 Å². The lowest BCUT2D eigenvalue weighted by molar-refractivity contribution is 0.0804. The van der Waals surface area contributed by atoms with Gasteiger partial charge in [-0.3, -0.25) is 4.90 Å². The second-order valence-corrected chi connectivity index (χ2v) is 7.19. The van der Waals surface area contributed by atoms with Crippen LogP contribution in [0.2, 0.25) is 0 Å². The van der Waals surface area contributed by atoms with Gasteiger partial charge in [0.15, 0.2) is 11.5 Å². The van der Waals surface area contributed by atoms with Gasteiger partial charge in [-0.15, -0.1) is 10.2 Å². The molecule has 1 fully saturated rings. The van der Waals surface area contributed by atoms with Crippen molar-refractivity contribution in [2.24, 2.45) is 0 Å². The zero-order valence-corrected chi connectivity index (χ0v) is 15.0. The average Bonchev–Trinajstić information content (AvgIpc) is 3.34. The number of nitrogens with zero attached hydrogens (tertiary/aromatic N) is 3. The number of hydrogen-bond donors (Lipinski definition) is 0. The largest absolute Gasteiger partial charge is 0.454 e. The number of aryl methyl sites for hydroxylation is 1. The van der Waals surface area contributed by atoms with E-state index < -0.39 is 0 Å². The molecule has 1 aromatic carbocycles. The molecule has 4 rings (SSSR count). The summed E-state index contributed by atoms with van der Waals surface area (Å²) in [4.78, 5) is 2.48. The molecule has 0 saturated heterocycles. The van der Waals surface area contributed by atoms with Gasteiger partial charge >= 0.3 is 0 Å². The summed E-state index contributed by atoms with van der Waals surface area (Å²) in [5.41, 5.74) is 1.38. The van der Waals surface area contributed by atoms with Crippen molar-refractivity contribution in [3.63, 3.8) is 0 Å². The zero-order valence-electron chi connectivity index (χ0n) is 15.0. The maximum atomic E-state index is 5.77. The molecule has 1 aromatic heterocycles. The lowest BCUT2D eigenvalue weighted by atomic mass is 9.96. The molecule has 6 heteroatoms. The standard InChI is InChI=1S/C19H25N3O3/c1-3-17-20-21-18(25-17)12-22(19(2)8-4-5-9-19)11-14-6-7-15-16(10-14)24-13-23-15/h6-7,10H,3-5,8-9,11-13H2,1-2H3. The highest BCUT2D eigenvalue weighted by Crippen LogP contribution is 2.38. The molecule has 134 valence electrons. The molecular weight excluding hydrogens is 318 g/mol. The van der Waals surface area contributed by atoms with Crippen LogP contribution in [0.15, 0.2) is 22.6 Å². The SMILES string of the molecule is CCc1nnc(CN(Cc2ccc3c(c2)OCO3)C2(C)CCCC2)o1. The summed E-state index contributed by atoms with van der Waals surface area (Å²) >= 11 is 0. The Kier molecular flexibility index (Phi) is 4.37. The van der Waals surface area contributed by atoms with Crippen molar-refractivity contribution >= 4 is 0 Å². The van der Waals surface area contributed by atoms with Crippen LogP contribution < -0.4 is 9.47 Å². The molecule has 0 radical (unpaired) electrons. The van der Waals surface area contributed by atoms with E-state index in [1.807, 2.05) is 13.0 Å². The zero-order chi connectivity index (χ0) is 17.3. The maximum absolute atomic E-state index is 5.77. The molecule has 0 atom stereocenters. The number of aromatic nitrogens is 2. The Bertz CT molecular complexity index is 737. The van der Waals surface area contributed by atoms with E-state index in [1.54, 1.807) is 0 Å². The summed E-state index contributed by atoms with van der Waals surface area (Å²) in [6.07, 6.45) is 5.72. The first kappa shape index (κ1) is 16.4. The molecule has 0 amide bonds. The van der Waals surface area contributed by atoms with Crippen LogP contribution in [0, 0.1) is 0 Å². The van der Waals surface area contributed by atoms with Crippen LogP contribution in [0.1, 0.15) is 56.9 Å². The molecule has 6 nitrogen and oxygen atoms in total. The van der Waals surface area contributed by atoms with Crippen molar-refractivity contribution in [1.29, 1.82) is 0 Å².